The van der Waals surface area contributed by atoms with Crippen LogP contribution in [-0.2, 0) is 11.2 Å². The third-order valence-corrected chi connectivity index (χ3v) is 3.82. The van der Waals surface area contributed by atoms with Crippen molar-refractivity contribution in [2.75, 3.05) is 19.8 Å². The Balaban J connectivity index is 1.77. The summed E-state index contributed by atoms with van der Waals surface area (Å²) in [5.41, 5.74) is 0.791. The predicted octanol–water partition coefficient (Wildman–Crippen LogP) is 2.63. The minimum absolute atomic E-state index is 0.0250. The van der Waals surface area contributed by atoms with E-state index in [1.807, 2.05) is 0 Å². The molecule has 2 heterocycles. The van der Waals surface area contributed by atoms with Gasteiger partial charge < -0.3 is 14.6 Å². The van der Waals surface area contributed by atoms with E-state index < -0.39 is 0 Å². The van der Waals surface area contributed by atoms with Gasteiger partial charge in [0.05, 0.1) is 25.7 Å². The normalized spacial score (nSPS) is 19.2. The first-order valence-corrected chi connectivity index (χ1v) is 7.06. The maximum absolute atomic E-state index is 6.13. The number of hydrogen-bond donors (Lipinski definition) is 1. The maximum atomic E-state index is 6.13. The molecule has 20 heavy (non-hydrogen) atoms. The van der Waals surface area contributed by atoms with Crippen LogP contribution in [0.2, 0.25) is 10.0 Å². The zero-order valence-electron chi connectivity index (χ0n) is 10.6. The summed E-state index contributed by atoms with van der Waals surface area (Å²) in [6, 6.07) is 5.35. The van der Waals surface area contributed by atoms with Gasteiger partial charge in [-0.2, -0.15) is 4.98 Å². The minimum atomic E-state index is -0.0250. The lowest BCUT2D eigenvalue weighted by molar-refractivity contribution is 0.0734. The molecular weight excluding hydrogens is 301 g/mol. The second kappa shape index (κ2) is 6.10. The Morgan fingerprint density at radius 1 is 1.30 bits per heavy atom. The molecule has 1 saturated heterocycles. The number of nitrogens with one attached hydrogen (secondary N) is 1. The molecule has 0 bridgehead atoms. The summed E-state index contributed by atoms with van der Waals surface area (Å²) in [6.45, 7) is 2.03. The van der Waals surface area contributed by atoms with Crippen LogP contribution in [0.15, 0.2) is 22.7 Å². The van der Waals surface area contributed by atoms with Crippen LogP contribution in [-0.4, -0.2) is 29.9 Å². The molecule has 5 nitrogen and oxygen atoms in total. The highest BCUT2D eigenvalue weighted by Crippen LogP contribution is 2.26. The number of nitrogens with zero attached hydrogens (tertiary/aromatic N) is 2. The lowest BCUT2D eigenvalue weighted by atomic mass is 10.1. The minimum Gasteiger partial charge on any atom is -0.378 e. The number of aromatic nitrogens is 2. The number of ether oxygens (including phenoxy) is 1. The zero-order chi connectivity index (χ0) is 13.9. The van der Waals surface area contributed by atoms with Crippen molar-refractivity contribution in [3.63, 3.8) is 0 Å². The van der Waals surface area contributed by atoms with Crippen molar-refractivity contribution in [3.05, 3.63) is 45.5 Å². The molecule has 2 aromatic rings. The van der Waals surface area contributed by atoms with Crippen molar-refractivity contribution in [1.29, 1.82) is 0 Å². The molecule has 0 spiro atoms. The highest BCUT2D eigenvalue weighted by Gasteiger charge is 2.21. The number of morpholine rings is 1. The van der Waals surface area contributed by atoms with E-state index in [0.29, 0.717) is 41.4 Å². The van der Waals surface area contributed by atoms with Gasteiger partial charge in [-0.25, -0.2) is 0 Å². The number of halogens is 2. The molecule has 1 aromatic carbocycles. The van der Waals surface area contributed by atoms with E-state index >= 15 is 0 Å². The lowest BCUT2D eigenvalue weighted by Gasteiger charge is -2.20. The quantitative estimate of drug-likeness (QED) is 0.944. The number of hydrogen-bond acceptors (Lipinski definition) is 5. The first-order chi connectivity index (χ1) is 9.74. The zero-order valence-corrected chi connectivity index (χ0v) is 12.1. The average Bonchev–Trinajstić information content (AvgIpc) is 2.93. The molecule has 0 aliphatic carbocycles. The van der Waals surface area contributed by atoms with E-state index in [4.69, 9.17) is 32.5 Å². The second-order valence-electron chi connectivity index (χ2n) is 4.50. The van der Waals surface area contributed by atoms with Crippen LogP contribution < -0.4 is 5.32 Å². The molecule has 1 aromatic heterocycles. The summed E-state index contributed by atoms with van der Waals surface area (Å²) in [4.78, 5) is 4.37. The molecule has 1 atom stereocenters. The van der Waals surface area contributed by atoms with Crippen LogP contribution in [0.5, 0.6) is 0 Å². The van der Waals surface area contributed by atoms with Crippen LogP contribution in [0.3, 0.4) is 0 Å². The summed E-state index contributed by atoms with van der Waals surface area (Å²) >= 11 is 12.3. The topological polar surface area (TPSA) is 60.2 Å². The smallest absolute Gasteiger partial charge is 0.231 e. The molecule has 106 valence electrons. The Kier molecular flexibility index (Phi) is 4.21. The van der Waals surface area contributed by atoms with E-state index in [1.54, 1.807) is 18.2 Å². The average molecular weight is 314 g/mol. The molecule has 0 amide bonds. The molecule has 1 unspecified atom stereocenters. The molecular formula is C13H13Cl2N3O2. The molecule has 1 fully saturated rings. The maximum Gasteiger partial charge on any atom is 0.231 e. The number of rotatable bonds is 3. The largest absolute Gasteiger partial charge is 0.378 e. The lowest BCUT2D eigenvalue weighted by Crippen LogP contribution is -2.35. The van der Waals surface area contributed by atoms with Crippen LogP contribution in [0.4, 0.5) is 0 Å². The fourth-order valence-corrected chi connectivity index (χ4v) is 2.60. The van der Waals surface area contributed by atoms with Gasteiger partial charge in [-0.05, 0) is 17.7 Å². The van der Waals surface area contributed by atoms with E-state index in [2.05, 4.69) is 15.5 Å². The van der Waals surface area contributed by atoms with Gasteiger partial charge in [0.1, 0.15) is 0 Å². The summed E-state index contributed by atoms with van der Waals surface area (Å²) in [7, 11) is 0. The Morgan fingerprint density at radius 3 is 2.80 bits per heavy atom. The second-order valence-corrected chi connectivity index (χ2v) is 5.32. The van der Waals surface area contributed by atoms with Gasteiger partial charge in [0, 0.05) is 16.6 Å². The van der Waals surface area contributed by atoms with Crippen molar-refractivity contribution in [2.24, 2.45) is 0 Å². The molecule has 1 N–H and O–H groups in total. The van der Waals surface area contributed by atoms with Crippen molar-refractivity contribution in [1.82, 2.24) is 15.5 Å². The SMILES string of the molecule is Clc1cccc(Cl)c1Cc1nc(C2COCCN2)no1. The van der Waals surface area contributed by atoms with Gasteiger partial charge in [0.25, 0.3) is 0 Å². The van der Waals surface area contributed by atoms with Gasteiger partial charge in [-0.3, -0.25) is 0 Å². The Hall–Kier alpha value is -1.14. The van der Waals surface area contributed by atoms with Crippen LogP contribution in [0.25, 0.3) is 0 Å². The highest BCUT2D eigenvalue weighted by atomic mass is 35.5. The highest BCUT2D eigenvalue weighted by molar-refractivity contribution is 6.36. The van der Waals surface area contributed by atoms with E-state index in [0.717, 1.165) is 12.1 Å². The van der Waals surface area contributed by atoms with Gasteiger partial charge in [-0.15, -0.1) is 0 Å². The molecule has 0 radical (unpaired) electrons. The standard InChI is InChI=1S/C13H13Cl2N3O2/c14-9-2-1-3-10(15)8(9)6-12-17-13(18-20-12)11-7-19-5-4-16-11/h1-3,11,16H,4-7H2. The summed E-state index contributed by atoms with van der Waals surface area (Å²) in [5.74, 6) is 1.09. The third kappa shape index (κ3) is 2.96. The Morgan fingerprint density at radius 2 is 2.10 bits per heavy atom. The van der Waals surface area contributed by atoms with Gasteiger partial charge >= 0.3 is 0 Å². The summed E-state index contributed by atoms with van der Waals surface area (Å²) in [5, 5.41) is 8.44. The van der Waals surface area contributed by atoms with E-state index in [1.165, 1.54) is 0 Å². The fourth-order valence-electron chi connectivity index (χ4n) is 2.07. The number of benzene rings is 1. The van der Waals surface area contributed by atoms with Crippen molar-refractivity contribution in [3.8, 4) is 0 Å². The Labute approximate surface area is 126 Å². The van der Waals surface area contributed by atoms with Crippen molar-refractivity contribution in [2.45, 2.75) is 12.5 Å². The summed E-state index contributed by atoms with van der Waals surface area (Å²) in [6.07, 6.45) is 0.416. The van der Waals surface area contributed by atoms with Gasteiger partial charge in [-0.1, -0.05) is 34.4 Å². The molecule has 1 aliphatic rings. The van der Waals surface area contributed by atoms with E-state index in [9.17, 15) is 0 Å². The van der Waals surface area contributed by atoms with Gasteiger partial charge in [0.15, 0.2) is 5.82 Å². The molecule has 0 saturated carbocycles. The Bertz CT molecular complexity index is 577. The van der Waals surface area contributed by atoms with Gasteiger partial charge in [0.2, 0.25) is 5.89 Å². The van der Waals surface area contributed by atoms with Crippen molar-refractivity contribution < 1.29 is 9.26 Å². The van der Waals surface area contributed by atoms with Crippen LogP contribution in [0, 0.1) is 0 Å². The summed E-state index contributed by atoms with van der Waals surface area (Å²) < 4.78 is 10.6. The van der Waals surface area contributed by atoms with E-state index in [-0.39, 0.29) is 6.04 Å². The predicted molar refractivity (Wildman–Crippen MR) is 75.1 cm³/mol. The fraction of sp³-hybridized carbons (Fsp3) is 0.385. The molecule has 7 heteroatoms. The van der Waals surface area contributed by atoms with Crippen LogP contribution in [0.1, 0.15) is 23.3 Å². The molecule has 1 aliphatic heterocycles. The third-order valence-electron chi connectivity index (χ3n) is 3.11. The van der Waals surface area contributed by atoms with Crippen LogP contribution >= 0.6 is 23.2 Å². The molecule has 3 rings (SSSR count). The monoisotopic (exact) mass is 313 g/mol. The van der Waals surface area contributed by atoms with Crippen molar-refractivity contribution >= 4 is 23.2 Å². The first kappa shape index (κ1) is 13.8. The first-order valence-electron chi connectivity index (χ1n) is 6.30.